The number of rotatable bonds is 4. The normalized spacial score (nSPS) is 11.2. The van der Waals surface area contributed by atoms with Gasteiger partial charge in [0, 0.05) is 4.90 Å². The van der Waals surface area contributed by atoms with E-state index in [1.807, 2.05) is 0 Å². The molecule has 1 aromatic heterocycles. The second kappa shape index (κ2) is 5.98. The van der Waals surface area contributed by atoms with Crippen LogP contribution in [-0.4, -0.2) is 25.5 Å². The molecule has 0 aliphatic rings. The molecule has 1 aromatic carbocycles. The van der Waals surface area contributed by atoms with E-state index in [0.717, 1.165) is 0 Å². The Morgan fingerprint density at radius 1 is 1.40 bits per heavy atom. The Bertz CT molecular complexity index is 737. The van der Waals surface area contributed by atoms with Crippen LogP contribution in [-0.2, 0) is 10.0 Å². The van der Waals surface area contributed by atoms with Crippen LogP contribution in [0.3, 0.4) is 0 Å². The maximum atomic E-state index is 12.2. The van der Waals surface area contributed by atoms with Crippen molar-refractivity contribution in [2.24, 2.45) is 0 Å². The van der Waals surface area contributed by atoms with Crippen LogP contribution in [0.4, 0.5) is 5.82 Å². The Hall–Kier alpha value is -1.32. The summed E-state index contributed by atoms with van der Waals surface area (Å²) in [5, 5.41) is 0. The highest BCUT2D eigenvalue weighted by Crippen LogP contribution is 2.24. The number of anilines is 1. The van der Waals surface area contributed by atoms with Gasteiger partial charge in [-0.25, -0.2) is 18.4 Å². The number of hydrogen-bond acceptors (Lipinski definition) is 6. The second-order valence-electron chi connectivity index (χ2n) is 3.65. The Morgan fingerprint density at radius 2 is 2.15 bits per heavy atom. The number of thiol groups is 1. The highest BCUT2D eigenvalue weighted by atomic mass is 79.9. The van der Waals surface area contributed by atoms with Gasteiger partial charge in [0.1, 0.15) is 4.60 Å². The molecule has 1 heterocycles. The van der Waals surface area contributed by atoms with Crippen molar-refractivity contribution in [3.05, 3.63) is 35.1 Å². The molecule has 0 fully saturated rings. The molecule has 0 radical (unpaired) electrons. The van der Waals surface area contributed by atoms with Crippen molar-refractivity contribution in [1.82, 2.24) is 9.97 Å². The molecule has 0 unspecified atom stereocenters. The lowest BCUT2D eigenvalue weighted by molar-refractivity contribution is 0.397. The van der Waals surface area contributed by atoms with E-state index in [0.29, 0.717) is 9.50 Å². The van der Waals surface area contributed by atoms with E-state index >= 15 is 0 Å². The Balaban J connectivity index is 2.38. The van der Waals surface area contributed by atoms with Crippen molar-refractivity contribution >= 4 is 44.4 Å². The molecule has 0 amide bonds. The standard InChI is InChI=1S/C11H10BrN3O3S2/c1-18-11-10(13-6-9(12)14-11)15-20(16,17)8-4-2-3-7(19)5-8/h2-6,19H,1H3,(H,13,15). The number of sulfonamides is 1. The lowest BCUT2D eigenvalue weighted by atomic mass is 10.4. The number of aromatic nitrogens is 2. The topological polar surface area (TPSA) is 81.2 Å². The summed E-state index contributed by atoms with van der Waals surface area (Å²) in [6.45, 7) is 0. The molecule has 0 aliphatic carbocycles. The van der Waals surface area contributed by atoms with Gasteiger partial charge in [-0.05, 0) is 34.1 Å². The third-order valence-corrected chi connectivity index (χ3v) is 4.26. The largest absolute Gasteiger partial charge is 0.478 e. The van der Waals surface area contributed by atoms with E-state index in [9.17, 15) is 8.42 Å². The van der Waals surface area contributed by atoms with Gasteiger partial charge in [-0.15, -0.1) is 12.6 Å². The lowest BCUT2D eigenvalue weighted by Crippen LogP contribution is -2.15. The summed E-state index contributed by atoms with van der Waals surface area (Å²) < 4.78 is 32.2. The summed E-state index contributed by atoms with van der Waals surface area (Å²) in [7, 11) is -2.40. The number of nitrogens with one attached hydrogen (secondary N) is 1. The second-order valence-corrected chi connectivity index (χ2v) is 6.66. The van der Waals surface area contributed by atoms with Gasteiger partial charge in [-0.1, -0.05) is 6.07 Å². The third-order valence-electron chi connectivity index (χ3n) is 2.26. The van der Waals surface area contributed by atoms with Crippen LogP contribution in [0.15, 0.2) is 44.9 Å². The summed E-state index contributed by atoms with van der Waals surface area (Å²) >= 11 is 7.24. The molecule has 0 spiro atoms. The van der Waals surface area contributed by atoms with Crippen LogP contribution < -0.4 is 9.46 Å². The lowest BCUT2D eigenvalue weighted by Gasteiger charge is -2.10. The number of halogens is 1. The minimum Gasteiger partial charge on any atom is -0.478 e. The number of ether oxygens (including phenoxy) is 1. The molecule has 20 heavy (non-hydrogen) atoms. The van der Waals surface area contributed by atoms with E-state index < -0.39 is 10.0 Å². The Morgan fingerprint density at radius 3 is 2.80 bits per heavy atom. The van der Waals surface area contributed by atoms with E-state index in [1.54, 1.807) is 12.1 Å². The molecule has 0 saturated heterocycles. The molecular formula is C11H10BrN3O3S2. The molecule has 0 saturated carbocycles. The van der Waals surface area contributed by atoms with Gasteiger partial charge in [-0.2, -0.15) is 0 Å². The first kappa shape index (κ1) is 15.1. The van der Waals surface area contributed by atoms with E-state index in [-0.39, 0.29) is 16.6 Å². The number of methoxy groups -OCH3 is 1. The smallest absolute Gasteiger partial charge is 0.263 e. The van der Waals surface area contributed by atoms with Crippen molar-refractivity contribution in [1.29, 1.82) is 0 Å². The van der Waals surface area contributed by atoms with Crippen LogP contribution in [0, 0.1) is 0 Å². The fourth-order valence-corrected chi connectivity index (χ4v) is 3.03. The zero-order valence-corrected chi connectivity index (χ0v) is 13.5. The molecule has 1 N–H and O–H groups in total. The fraction of sp³-hybridized carbons (Fsp3) is 0.0909. The molecule has 2 rings (SSSR count). The molecular weight excluding hydrogens is 366 g/mol. The van der Waals surface area contributed by atoms with E-state index in [1.165, 1.54) is 25.4 Å². The predicted molar refractivity (Wildman–Crippen MR) is 80.8 cm³/mol. The monoisotopic (exact) mass is 375 g/mol. The van der Waals surface area contributed by atoms with Crippen molar-refractivity contribution in [2.75, 3.05) is 11.8 Å². The van der Waals surface area contributed by atoms with Crippen LogP contribution in [0.5, 0.6) is 5.88 Å². The quantitative estimate of drug-likeness (QED) is 0.801. The van der Waals surface area contributed by atoms with Gasteiger partial charge >= 0.3 is 0 Å². The summed E-state index contributed by atoms with van der Waals surface area (Å²) in [5.41, 5.74) is 0. The third kappa shape index (κ3) is 3.41. The van der Waals surface area contributed by atoms with Gasteiger partial charge in [0.15, 0.2) is 0 Å². The molecule has 0 aliphatic heterocycles. The molecule has 106 valence electrons. The number of benzene rings is 1. The van der Waals surface area contributed by atoms with Gasteiger partial charge in [0.25, 0.3) is 15.9 Å². The molecule has 2 aromatic rings. The zero-order chi connectivity index (χ0) is 14.8. The summed E-state index contributed by atoms with van der Waals surface area (Å²) in [6.07, 6.45) is 1.37. The SMILES string of the molecule is COc1nc(Br)cnc1NS(=O)(=O)c1cccc(S)c1. The average Bonchev–Trinajstić information content (AvgIpc) is 2.40. The summed E-state index contributed by atoms with van der Waals surface area (Å²) in [5.74, 6) is 0.0882. The Labute approximate surface area is 130 Å². The van der Waals surface area contributed by atoms with Crippen LogP contribution >= 0.6 is 28.6 Å². The average molecular weight is 376 g/mol. The van der Waals surface area contributed by atoms with Crippen LogP contribution in [0.25, 0.3) is 0 Å². The molecule has 6 nitrogen and oxygen atoms in total. The number of hydrogen-bond donors (Lipinski definition) is 2. The molecule has 9 heteroatoms. The van der Waals surface area contributed by atoms with E-state index in [2.05, 4.69) is 43.2 Å². The summed E-state index contributed by atoms with van der Waals surface area (Å²) in [6, 6.07) is 6.18. The fourth-order valence-electron chi connectivity index (χ4n) is 1.40. The maximum absolute atomic E-state index is 12.2. The highest BCUT2D eigenvalue weighted by Gasteiger charge is 2.18. The maximum Gasteiger partial charge on any atom is 0.263 e. The Kier molecular flexibility index (Phi) is 4.51. The van der Waals surface area contributed by atoms with Crippen molar-refractivity contribution in [3.8, 4) is 5.88 Å². The first-order valence-corrected chi connectivity index (χ1v) is 8.03. The predicted octanol–water partition coefficient (Wildman–Crippen LogP) is 2.34. The minimum atomic E-state index is -3.78. The summed E-state index contributed by atoms with van der Waals surface area (Å²) in [4.78, 5) is 8.54. The van der Waals surface area contributed by atoms with Gasteiger partial charge in [-0.3, -0.25) is 4.72 Å². The van der Waals surface area contributed by atoms with Gasteiger partial charge < -0.3 is 4.74 Å². The highest BCUT2D eigenvalue weighted by molar-refractivity contribution is 9.10. The van der Waals surface area contributed by atoms with E-state index in [4.69, 9.17) is 4.74 Å². The van der Waals surface area contributed by atoms with Crippen molar-refractivity contribution in [2.45, 2.75) is 9.79 Å². The van der Waals surface area contributed by atoms with Crippen molar-refractivity contribution < 1.29 is 13.2 Å². The van der Waals surface area contributed by atoms with Gasteiger partial charge in [0.2, 0.25) is 5.82 Å². The molecule has 0 atom stereocenters. The first-order chi connectivity index (χ1) is 9.42. The number of nitrogens with zero attached hydrogens (tertiary/aromatic N) is 2. The van der Waals surface area contributed by atoms with Crippen molar-refractivity contribution in [3.63, 3.8) is 0 Å². The minimum absolute atomic E-state index is 0.0141. The van der Waals surface area contributed by atoms with Crippen LogP contribution in [0.2, 0.25) is 0 Å². The zero-order valence-electron chi connectivity index (χ0n) is 10.2. The first-order valence-electron chi connectivity index (χ1n) is 5.31. The van der Waals surface area contributed by atoms with Crippen LogP contribution in [0.1, 0.15) is 0 Å². The molecule has 0 bridgehead atoms. The van der Waals surface area contributed by atoms with Gasteiger partial charge in [0.05, 0.1) is 18.2 Å².